The summed E-state index contributed by atoms with van der Waals surface area (Å²) in [6.07, 6.45) is 3.40. The van der Waals surface area contributed by atoms with E-state index in [4.69, 9.17) is 0 Å². The molecule has 1 fully saturated rings. The van der Waals surface area contributed by atoms with Crippen molar-refractivity contribution in [2.75, 3.05) is 12.8 Å². The van der Waals surface area contributed by atoms with Gasteiger partial charge in [-0.3, -0.25) is 0 Å². The number of hydrogen-bond acceptors (Lipinski definition) is 3. The molecule has 0 amide bonds. The molecule has 82 valence electrons. The fourth-order valence-electron chi connectivity index (χ4n) is 1.74. The van der Waals surface area contributed by atoms with Crippen LogP contribution in [-0.4, -0.2) is 18.1 Å². The Morgan fingerprint density at radius 2 is 2.07 bits per heavy atom. The highest BCUT2D eigenvalue weighted by molar-refractivity contribution is 8.00. The minimum atomic E-state index is 0.490. The summed E-state index contributed by atoms with van der Waals surface area (Å²) in [7, 11) is 0. The van der Waals surface area contributed by atoms with E-state index in [1.807, 2.05) is 11.8 Å². The molecule has 0 saturated carbocycles. The van der Waals surface area contributed by atoms with E-state index in [0.717, 1.165) is 11.8 Å². The second-order valence-electron chi connectivity index (χ2n) is 3.84. The molecule has 2 unspecified atom stereocenters. The maximum atomic E-state index is 3.56. The Morgan fingerprint density at radius 3 is 2.67 bits per heavy atom. The van der Waals surface area contributed by atoms with Crippen LogP contribution in [0.5, 0.6) is 0 Å². The lowest BCUT2D eigenvalue weighted by molar-refractivity contribution is 0.605. The van der Waals surface area contributed by atoms with Gasteiger partial charge in [0.1, 0.15) is 0 Å². The Kier molecular flexibility index (Phi) is 4.00. The van der Waals surface area contributed by atoms with Crippen molar-refractivity contribution >= 4 is 23.5 Å². The second kappa shape index (κ2) is 5.28. The first-order chi connectivity index (χ1) is 7.29. The van der Waals surface area contributed by atoms with Crippen LogP contribution < -0.4 is 5.32 Å². The molecule has 2 rings (SSSR count). The van der Waals surface area contributed by atoms with Gasteiger partial charge in [0.25, 0.3) is 0 Å². The third-order valence-electron chi connectivity index (χ3n) is 2.67. The molecule has 0 bridgehead atoms. The topological polar surface area (TPSA) is 12.0 Å². The van der Waals surface area contributed by atoms with Gasteiger partial charge in [-0.05, 0) is 36.9 Å². The van der Waals surface area contributed by atoms with Crippen molar-refractivity contribution in [3.05, 3.63) is 29.8 Å². The average Bonchev–Trinajstić information content (AvgIpc) is 2.29. The van der Waals surface area contributed by atoms with Gasteiger partial charge in [0.05, 0.1) is 5.37 Å². The van der Waals surface area contributed by atoms with E-state index in [1.54, 1.807) is 11.8 Å². The Hall–Kier alpha value is -0.120. The zero-order valence-corrected chi connectivity index (χ0v) is 10.8. The fourth-order valence-corrected chi connectivity index (χ4v) is 3.40. The van der Waals surface area contributed by atoms with E-state index < -0.39 is 0 Å². The zero-order valence-electron chi connectivity index (χ0n) is 9.19. The van der Waals surface area contributed by atoms with Gasteiger partial charge in [-0.2, -0.15) is 0 Å². The van der Waals surface area contributed by atoms with E-state index in [-0.39, 0.29) is 0 Å². The Labute approximate surface area is 100 Å². The lowest BCUT2D eigenvalue weighted by Crippen LogP contribution is -2.28. The maximum Gasteiger partial charge on any atom is 0.0792 e. The van der Waals surface area contributed by atoms with Crippen molar-refractivity contribution in [2.45, 2.75) is 28.9 Å². The van der Waals surface area contributed by atoms with E-state index in [2.05, 4.69) is 42.8 Å². The fraction of sp³-hybridized carbons (Fsp3) is 0.500. The largest absolute Gasteiger partial charge is 0.302 e. The van der Waals surface area contributed by atoms with E-state index in [1.165, 1.54) is 16.9 Å². The highest BCUT2D eigenvalue weighted by atomic mass is 32.2. The predicted molar refractivity (Wildman–Crippen MR) is 70.6 cm³/mol. The molecule has 1 aliphatic heterocycles. The smallest absolute Gasteiger partial charge is 0.0792 e. The van der Waals surface area contributed by atoms with Crippen LogP contribution >= 0.6 is 23.5 Å². The zero-order chi connectivity index (χ0) is 10.7. The minimum absolute atomic E-state index is 0.490. The molecule has 1 aromatic carbocycles. The monoisotopic (exact) mass is 239 g/mol. The molecule has 1 aliphatic rings. The summed E-state index contributed by atoms with van der Waals surface area (Å²) < 4.78 is 0. The third-order valence-corrected chi connectivity index (χ3v) is 4.82. The Bertz CT molecular complexity index is 310. The summed E-state index contributed by atoms with van der Waals surface area (Å²) in [6, 6.07) is 8.91. The summed E-state index contributed by atoms with van der Waals surface area (Å²) in [4.78, 5) is 1.34. The number of thioether (sulfide) groups is 2. The third kappa shape index (κ3) is 2.92. The Balaban J connectivity index is 2.07. The molecule has 3 heteroatoms. The van der Waals surface area contributed by atoms with Gasteiger partial charge in [0.2, 0.25) is 0 Å². The van der Waals surface area contributed by atoms with E-state index >= 15 is 0 Å². The van der Waals surface area contributed by atoms with Gasteiger partial charge in [0, 0.05) is 10.1 Å². The van der Waals surface area contributed by atoms with Gasteiger partial charge in [-0.1, -0.05) is 19.1 Å². The molecule has 1 heterocycles. The quantitative estimate of drug-likeness (QED) is 0.793. The van der Waals surface area contributed by atoms with Crippen LogP contribution in [-0.2, 0) is 0 Å². The molecule has 0 radical (unpaired) electrons. The SMILES string of the molecule is CSc1ccc(C2NCCC(C)S2)cc1. The van der Waals surface area contributed by atoms with Crippen LogP contribution in [0.3, 0.4) is 0 Å². The van der Waals surface area contributed by atoms with Gasteiger partial charge < -0.3 is 5.32 Å². The molecular weight excluding hydrogens is 222 g/mol. The molecule has 1 nitrogen and oxygen atoms in total. The predicted octanol–water partition coefficient (Wildman–Crippen LogP) is 3.52. The summed E-state index contributed by atoms with van der Waals surface area (Å²) in [5.74, 6) is 0. The summed E-state index contributed by atoms with van der Waals surface area (Å²) in [5.41, 5.74) is 1.41. The molecule has 1 N–H and O–H groups in total. The molecule has 0 aromatic heterocycles. The molecule has 15 heavy (non-hydrogen) atoms. The Morgan fingerprint density at radius 1 is 1.33 bits per heavy atom. The molecule has 1 aromatic rings. The summed E-state index contributed by atoms with van der Waals surface area (Å²) >= 11 is 3.83. The van der Waals surface area contributed by atoms with Crippen LogP contribution in [0.25, 0.3) is 0 Å². The average molecular weight is 239 g/mol. The minimum Gasteiger partial charge on any atom is -0.302 e. The van der Waals surface area contributed by atoms with Gasteiger partial charge in [-0.15, -0.1) is 23.5 Å². The van der Waals surface area contributed by atoms with Crippen LogP contribution in [0.15, 0.2) is 29.2 Å². The number of rotatable bonds is 2. The molecule has 2 atom stereocenters. The molecule has 0 spiro atoms. The van der Waals surface area contributed by atoms with E-state index in [0.29, 0.717) is 5.37 Å². The highest BCUT2D eigenvalue weighted by Gasteiger charge is 2.19. The number of nitrogens with one attached hydrogen (secondary N) is 1. The summed E-state index contributed by atoms with van der Waals surface area (Å²) in [6.45, 7) is 3.46. The standard InChI is InChI=1S/C12H17NS2/c1-9-7-8-13-12(15-9)10-3-5-11(14-2)6-4-10/h3-6,9,12-13H,7-8H2,1-2H3. The molecule has 1 saturated heterocycles. The van der Waals surface area contributed by atoms with Crippen LogP contribution in [0.1, 0.15) is 24.3 Å². The van der Waals surface area contributed by atoms with Crippen LogP contribution in [0.4, 0.5) is 0 Å². The highest BCUT2D eigenvalue weighted by Crippen LogP contribution is 2.34. The van der Waals surface area contributed by atoms with Gasteiger partial charge in [0.15, 0.2) is 0 Å². The first-order valence-electron chi connectivity index (χ1n) is 5.32. The molecule has 0 aliphatic carbocycles. The second-order valence-corrected chi connectivity index (χ2v) is 6.27. The normalized spacial score (nSPS) is 26.5. The first-order valence-corrected chi connectivity index (χ1v) is 7.49. The van der Waals surface area contributed by atoms with Crippen molar-refractivity contribution < 1.29 is 0 Å². The summed E-state index contributed by atoms with van der Waals surface area (Å²) in [5, 5.41) is 4.82. The number of hydrogen-bond donors (Lipinski definition) is 1. The molecular formula is C12H17NS2. The maximum absolute atomic E-state index is 3.56. The van der Waals surface area contributed by atoms with E-state index in [9.17, 15) is 0 Å². The lowest BCUT2D eigenvalue weighted by atomic mass is 10.2. The van der Waals surface area contributed by atoms with Crippen molar-refractivity contribution in [1.82, 2.24) is 5.32 Å². The van der Waals surface area contributed by atoms with Crippen molar-refractivity contribution in [2.24, 2.45) is 0 Å². The van der Waals surface area contributed by atoms with Gasteiger partial charge in [-0.25, -0.2) is 0 Å². The van der Waals surface area contributed by atoms with Crippen LogP contribution in [0.2, 0.25) is 0 Å². The lowest BCUT2D eigenvalue weighted by Gasteiger charge is -2.28. The van der Waals surface area contributed by atoms with Crippen molar-refractivity contribution in [3.63, 3.8) is 0 Å². The number of benzene rings is 1. The van der Waals surface area contributed by atoms with Crippen molar-refractivity contribution in [1.29, 1.82) is 0 Å². The van der Waals surface area contributed by atoms with Crippen LogP contribution in [0, 0.1) is 0 Å². The van der Waals surface area contributed by atoms with Gasteiger partial charge >= 0.3 is 0 Å². The van der Waals surface area contributed by atoms with Crippen molar-refractivity contribution in [3.8, 4) is 0 Å². The first kappa shape index (κ1) is 11.4.